The van der Waals surface area contributed by atoms with Crippen molar-refractivity contribution in [3.63, 3.8) is 0 Å². The minimum absolute atomic E-state index is 0.0382. The van der Waals surface area contributed by atoms with E-state index in [0.29, 0.717) is 11.3 Å². The van der Waals surface area contributed by atoms with E-state index < -0.39 is 5.97 Å². The highest BCUT2D eigenvalue weighted by Crippen LogP contribution is 2.53. The second-order valence-corrected chi connectivity index (χ2v) is 6.48. The molecule has 19 heavy (non-hydrogen) atoms. The third kappa shape index (κ3) is 3.11. The molecule has 0 unspecified atom stereocenters. The fourth-order valence-electron chi connectivity index (χ4n) is 2.37. The van der Waals surface area contributed by atoms with Gasteiger partial charge in [-0.25, -0.2) is 0 Å². The van der Waals surface area contributed by atoms with Gasteiger partial charge in [-0.05, 0) is 24.2 Å². The van der Waals surface area contributed by atoms with Crippen LogP contribution in [0.1, 0.15) is 39.4 Å². The van der Waals surface area contributed by atoms with Gasteiger partial charge in [0.25, 0.3) is 0 Å². The van der Waals surface area contributed by atoms with E-state index in [2.05, 4.69) is 35.5 Å². The number of aromatic nitrogens is 3. The van der Waals surface area contributed by atoms with Crippen LogP contribution in [0.2, 0.25) is 0 Å². The Balaban J connectivity index is 2.17. The summed E-state index contributed by atoms with van der Waals surface area (Å²) in [6, 6.07) is 0. The van der Waals surface area contributed by atoms with Gasteiger partial charge in [-0.1, -0.05) is 32.5 Å². The van der Waals surface area contributed by atoms with E-state index in [9.17, 15) is 4.79 Å². The van der Waals surface area contributed by atoms with Crippen LogP contribution >= 0.6 is 11.8 Å². The lowest BCUT2D eigenvalue weighted by Crippen LogP contribution is -2.20. The van der Waals surface area contributed by atoms with Crippen molar-refractivity contribution in [1.29, 1.82) is 0 Å². The maximum Gasteiger partial charge on any atom is 0.313 e. The minimum atomic E-state index is -0.817. The van der Waals surface area contributed by atoms with Crippen LogP contribution in [0.3, 0.4) is 0 Å². The maximum absolute atomic E-state index is 10.7. The van der Waals surface area contributed by atoms with E-state index >= 15 is 0 Å². The van der Waals surface area contributed by atoms with Crippen molar-refractivity contribution < 1.29 is 9.90 Å². The maximum atomic E-state index is 10.7. The zero-order valence-corrected chi connectivity index (χ0v) is 12.5. The molecule has 1 aliphatic rings. The molecule has 1 aromatic heterocycles. The van der Waals surface area contributed by atoms with Gasteiger partial charge in [0.1, 0.15) is 5.82 Å². The van der Waals surface area contributed by atoms with Crippen LogP contribution in [0.4, 0.5) is 0 Å². The van der Waals surface area contributed by atoms with Crippen molar-refractivity contribution in [2.45, 2.75) is 51.7 Å². The highest BCUT2D eigenvalue weighted by Gasteiger charge is 2.46. The summed E-state index contributed by atoms with van der Waals surface area (Å²) in [5, 5.41) is 17.9. The van der Waals surface area contributed by atoms with Crippen molar-refractivity contribution in [3.8, 4) is 0 Å². The van der Waals surface area contributed by atoms with Crippen molar-refractivity contribution in [1.82, 2.24) is 14.8 Å². The van der Waals surface area contributed by atoms with Crippen LogP contribution in [0.5, 0.6) is 0 Å². The van der Waals surface area contributed by atoms with Crippen LogP contribution in [0.25, 0.3) is 0 Å². The number of aliphatic carboxylic acids is 1. The van der Waals surface area contributed by atoms with Gasteiger partial charge in [0.05, 0.1) is 5.75 Å². The fourth-order valence-corrected chi connectivity index (χ4v) is 3.04. The van der Waals surface area contributed by atoms with Crippen LogP contribution in [0.15, 0.2) is 5.16 Å². The van der Waals surface area contributed by atoms with Gasteiger partial charge in [-0.3, -0.25) is 4.79 Å². The fraction of sp³-hybridized carbons (Fsp3) is 0.769. The number of hydrogen-bond acceptors (Lipinski definition) is 4. The van der Waals surface area contributed by atoms with Crippen molar-refractivity contribution >= 4 is 17.7 Å². The quantitative estimate of drug-likeness (QED) is 0.778. The molecule has 0 amide bonds. The van der Waals surface area contributed by atoms with Gasteiger partial charge in [-0.15, -0.1) is 10.2 Å². The minimum Gasteiger partial charge on any atom is -0.481 e. The Morgan fingerprint density at radius 3 is 2.63 bits per heavy atom. The molecule has 0 aromatic carbocycles. The summed E-state index contributed by atoms with van der Waals surface area (Å²) >= 11 is 1.26. The molecule has 1 heterocycles. The average Bonchev–Trinajstić information content (AvgIpc) is 3.03. The lowest BCUT2D eigenvalue weighted by Gasteiger charge is -2.21. The molecule has 0 bridgehead atoms. The molecule has 1 fully saturated rings. The first-order valence-corrected chi connectivity index (χ1v) is 7.74. The van der Waals surface area contributed by atoms with E-state index in [1.165, 1.54) is 24.6 Å². The number of aryl methyl sites for hydroxylation is 1. The summed E-state index contributed by atoms with van der Waals surface area (Å²) < 4.78 is 2.13. The third-order valence-electron chi connectivity index (χ3n) is 4.02. The van der Waals surface area contributed by atoms with E-state index in [1.807, 2.05) is 0 Å². The van der Waals surface area contributed by atoms with Crippen molar-refractivity contribution in [3.05, 3.63) is 5.82 Å². The highest BCUT2D eigenvalue weighted by molar-refractivity contribution is 7.99. The molecule has 2 rings (SSSR count). The molecule has 1 aromatic rings. The van der Waals surface area contributed by atoms with Crippen LogP contribution < -0.4 is 0 Å². The zero-order chi connectivity index (χ0) is 14.0. The van der Waals surface area contributed by atoms with E-state index in [-0.39, 0.29) is 5.75 Å². The van der Waals surface area contributed by atoms with Crippen LogP contribution in [-0.2, 0) is 17.8 Å². The normalized spacial score (nSPS) is 16.8. The Bertz CT molecular complexity index is 466. The Kier molecular flexibility index (Phi) is 4.18. The summed E-state index contributed by atoms with van der Waals surface area (Å²) in [4.78, 5) is 10.7. The predicted octanol–water partition coefficient (Wildman–Crippen LogP) is 2.45. The molecule has 6 heteroatoms. The number of nitrogens with zero attached hydrogens (tertiary/aromatic N) is 3. The molecule has 106 valence electrons. The average molecular weight is 283 g/mol. The molecule has 0 spiro atoms. The Morgan fingerprint density at radius 1 is 1.47 bits per heavy atom. The van der Waals surface area contributed by atoms with Crippen LogP contribution in [-0.4, -0.2) is 31.6 Å². The van der Waals surface area contributed by atoms with E-state index in [0.717, 1.165) is 23.9 Å². The summed E-state index contributed by atoms with van der Waals surface area (Å²) in [5.74, 6) is 0.815. The summed E-state index contributed by atoms with van der Waals surface area (Å²) in [6.45, 7) is 7.49. The molecule has 0 saturated heterocycles. The molecule has 0 atom stereocenters. The summed E-state index contributed by atoms with van der Waals surface area (Å²) in [6.07, 6.45) is 3.32. The largest absolute Gasteiger partial charge is 0.481 e. The number of thioether (sulfide) groups is 1. The molecule has 1 saturated carbocycles. The first-order chi connectivity index (χ1) is 8.98. The van der Waals surface area contributed by atoms with Gasteiger partial charge >= 0.3 is 5.97 Å². The number of carboxylic acid groups (broad SMARTS) is 1. The lowest BCUT2D eigenvalue weighted by atomic mass is 9.92. The predicted molar refractivity (Wildman–Crippen MR) is 74.3 cm³/mol. The monoisotopic (exact) mass is 283 g/mol. The topological polar surface area (TPSA) is 68.0 Å². The SMILES string of the molecule is CCc1nnc(SCC(=O)O)n1CC1(C(C)C)CC1. The molecule has 1 N–H and O–H groups in total. The van der Waals surface area contributed by atoms with Gasteiger partial charge in [-0.2, -0.15) is 0 Å². The van der Waals surface area contributed by atoms with Crippen LogP contribution in [0, 0.1) is 11.3 Å². The Hall–Kier alpha value is -1.04. The van der Waals surface area contributed by atoms with E-state index in [1.54, 1.807) is 0 Å². The smallest absolute Gasteiger partial charge is 0.313 e. The van der Waals surface area contributed by atoms with Crippen molar-refractivity contribution in [2.24, 2.45) is 11.3 Å². The van der Waals surface area contributed by atoms with Crippen molar-refractivity contribution in [2.75, 3.05) is 5.75 Å². The molecule has 0 aliphatic heterocycles. The molecule has 1 aliphatic carbocycles. The second kappa shape index (κ2) is 5.53. The first-order valence-electron chi connectivity index (χ1n) is 6.75. The summed E-state index contributed by atoms with van der Waals surface area (Å²) in [7, 11) is 0. The number of rotatable bonds is 7. The number of carbonyl (C=O) groups is 1. The highest BCUT2D eigenvalue weighted by atomic mass is 32.2. The third-order valence-corrected chi connectivity index (χ3v) is 4.98. The second-order valence-electron chi connectivity index (χ2n) is 5.54. The zero-order valence-electron chi connectivity index (χ0n) is 11.7. The number of carboxylic acids is 1. The summed E-state index contributed by atoms with van der Waals surface area (Å²) in [5.41, 5.74) is 0.366. The lowest BCUT2D eigenvalue weighted by molar-refractivity contribution is -0.133. The first kappa shape index (κ1) is 14.4. The standard InChI is InChI=1S/C13H21N3O2S/c1-4-10-14-15-12(19-7-11(17)18)16(10)8-13(5-6-13)9(2)3/h9H,4-8H2,1-3H3,(H,17,18). The van der Waals surface area contributed by atoms with E-state index in [4.69, 9.17) is 5.11 Å². The number of hydrogen-bond donors (Lipinski definition) is 1. The Morgan fingerprint density at radius 2 is 2.16 bits per heavy atom. The molecule has 0 radical (unpaired) electrons. The van der Waals surface area contributed by atoms with Gasteiger partial charge in [0.2, 0.25) is 0 Å². The Labute approximate surface area is 117 Å². The van der Waals surface area contributed by atoms with Gasteiger partial charge < -0.3 is 9.67 Å². The molecular formula is C13H21N3O2S. The van der Waals surface area contributed by atoms with Gasteiger partial charge in [0.15, 0.2) is 5.16 Å². The molecule has 5 nitrogen and oxygen atoms in total. The van der Waals surface area contributed by atoms with Gasteiger partial charge in [0, 0.05) is 13.0 Å². The molecular weight excluding hydrogens is 262 g/mol.